The number of ketones is 1. The maximum absolute atomic E-state index is 12.8. The minimum atomic E-state index is -1.33. The predicted octanol–water partition coefficient (Wildman–Crippen LogP) is 2.39. The number of aryl methyl sites for hydroxylation is 1. The van der Waals surface area contributed by atoms with E-state index in [1.165, 1.54) is 42.5 Å². The summed E-state index contributed by atoms with van der Waals surface area (Å²) in [6.07, 6.45) is 0. The highest BCUT2D eigenvalue weighted by Crippen LogP contribution is 2.29. The van der Waals surface area contributed by atoms with Crippen LogP contribution in [-0.4, -0.2) is 23.6 Å². The first-order valence-corrected chi connectivity index (χ1v) is 8.82. The van der Waals surface area contributed by atoms with Gasteiger partial charge in [-0.3, -0.25) is 14.4 Å². The highest BCUT2D eigenvalue weighted by Gasteiger charge is 2.37. The molecule has 4 rings (SSSR count). The zero-order valence-electron chi connectivity index (χ0n) is 15.3. The number of aromatic carboxylic acids is 1. The summed E-state index contributed by atoms with van der Waals surface area (Å²) < 4.78 is 0. The van der Waals surface area contributed by atoms with Crippen molar-refractivity contribution < 1.29 is 24.3 Å². The van der Waals surface area contributed by atoms with Gasteiger partial charge in [0.2, 0.25) is 0 Å². The number of carbonyl (C=O) groups is 4. The fourth-order valence-electron chi connectivity index (χ4n) is 3.23. The highest BCUT2D eigenvalue weighted by molar-refractivity contribution is 6.34. The summed E-state index contributed by atoms with van der Waals surface area (Å²) in [6, 6.07) is 16.7. The zero-order chi connectivity index (χ0) is 20.7. The Labute approximate surface area is 166 Å². The largest absolute Gasteiger partial charge is 0.545 e. The second-order valence-electron chi connectivity index (χ2n) is 6.74. The van der Waals surface area contributed by atoms with E-state index in [4.69, 9.17) is 0 Å². The van der Waals surface area contributed by atoms with Gasteiger partial charge < -0.3 is 9.90 Å². The fourth-order valence-corrected chi connectivity index (χ4v) is 3.23. The van der Waals surface area contributed by atoms with Crippen LogP contribution in [0.25, 0.3) is 0 Å². The molecule has 2 amide bonds. The molecular formula is C23H14NO5-. The number of nitrogens with zero attached hydrogens (tertiary/aromatic N) is 1. The second-order valence-corrected chi connectivity index (χ2v) is 6.74. The van der Waals surface area contributed by atoms with Gasteiger partial charge in [-0.05, 0) is 36.8 Å². The molecule has 0 aliphatic carbocycles. The molecule has 0 radical (unpaired) electrons. The number of amides is 2. The van der Waals surface area contributed by atoms with Crippen LogP contribution in [0.2, 0.25) is 0 Å². The van der Waals surface area contributed by atoms with Crippen molar-refractivity contribution in [2.45, 2.75) is 6.92 Å². The number of benzene rings is 3. The molecule has 1 aliphatic rings. The van der Waals surface area contributed by atoms with Crippen molar-refractivity contribution >= 4 is 29.3 Å². The van der Waals surface area contributed by atoms with Crippen LogP contribution in [0.4, 0.5) is 5.69 Å². The van der Waals surface area contributed by atoms with Crippen LogP contribution < -0.4 is 10.0 Å². The molecule has 0 N–H and O–H groups in total. The zero-order valence-corrected chi connectivity index (χ0v) is 15.3. The average molecular weight is 384 g/mol. The minimum absolute atomic E-state index is 0.0370. The summed E-state index contributed by atoms with van der Waals surface area (Å²) in [6.45, 7) is 1.91. The van der Waals surface area contributed by atoms with E-state index in [0.717, 1.165) is 10.5 Å². The van der Waals surface area contributed by atoms with Gasteiger partial charge in [-0.15, -0.1) is 0 Å². The monoisotopic (exact) mass is 384 g/mol. The van der Waals surface area contributed by atoms with Crippen molar-refractivity contribution in [2.75, 3.05) is 4.90 Å². The number of fused-ring (bicyclic) bond motifs is 1. The fraction of sp³-hybridized carbons (Fsp3) is 0.0435. The summed E-state index contributed by atoms with van der Waals surface area (Å²) in [4.78, 5) is 50.2. The lowest BCUT2D eigenvalue weighted by atomic mass is 9.98. The molecule has 29 heavy (non-hydrogen) atoms. The van der Waals surface area contributed by atoms with Crippen LogP contribution in [-0.2, 0) is 0 Å². The lowest BCUT2D eigenvalue weighted by molar-refractivity contribution is -0.255. The molecule has 6 heteroatoms. The van der Waals surface area contributed by atoms with Crippen molar-refractivity contribution in [1.29, 1.82) is 0 Å². The Hall–Kier alpha value is -4.06. The molecule has 0 atom stereocenters. The second kappa shape index (κ2) is 6.83. The summed E-state index contributed by atoms with van der Waals surface area (Å²) >= 11 is 0. The molecule has 0 unspecified atom stereocenters. The number of carboxylic acids is 1. The van der Waals surface area contributed by atoms with E-state index < -0.39 is 17.8 Å². The summed E-state index contributed by atoms with van der Waals surface area (Å²) in [5.41, 5.74) is 2.33. The van der Waals surface area contributed by atoms with E-state index >= 15 is 0 Å². The van der Waals surface area contributed by atoms with Gasteiger partial charge in [-0.25, -0.2) is 4.90 Å². The number of hydrogen-bond acceptors (Lipinski definition) is 5. The molecule has 0 bridgehead atoms. The third-order valence-electron chi connectivity index (χ3n) is 4.82. The average Bonchev–Trinajstić information content (AvgIpc) is 2.98. The Morgan fingerprint density at radius 3 is 1.90 bits per heavy atom. The maximum Gasteiger partial charge on any atom is 0.266 e. The molecule has 3 aromatic carbocycles. The first-order valence-electron chi connectivity index (χ1n) is 8.82. The first-order chi connectivity index (χ1) is 13.9. The van der Waals surface area contributed by atoms with Crippen LogP contribution in [0.1, 0.15) is 52.6 Å². The van der Waals surface area contributed by atoms with Crippen molar-refractivity contribution in [2.24, 2.45) is 0 Å². The third-order valence-corrected chi connectivity index (χ3v) is 4.82. The van der Waals surface area contributed by atoms with Crippen molar-refractivity contribution in [3.63, 3.8) is 0 Å². The topological polar surface area (TPSA) is 94.6 Å². The van der Waals surface area contributed by atoms with E-state index in [1.54, 1.807) is 12.1 Å². The minimum Gasteiger partial charge on any atom is -0.545 e. The van der Waals surface area contributed by atoms with E-state index in [-0.39, 0.29) is 33.6 Å². The van der Waals surface area contributed by atoms with E-state index in [0.29, 0.717) is 5.69 Å². The molecule has 142 valence electrons. The van der Waals surface area contributed by atoms with Gasteiger partial charge in [0.05, 0.1) is 22.8 Å². The number of rotatable bonds is 4. The lowest BCUT2D eigenvalue weighted by Gasteiger charge is -2.13. The third kappa shape index (κ3) is 3.10. The summed E-state index contributed by atoms with van der Waals surface area (Å²) in [5.74, 6) is -2.64. The van der Waals surface area contributed by atoms with Gasteiger partial charge in [0.1, 0.15) is 0 Å². The molecule has 3 aromatic rings. The van der Waals surface area contributed by atoms with Crippen LogP contribution in [0, 0.1) is 6.92 Å². The Balaban J connectivity index is 1.67. The van der Waals surface area contributed by atoms with Crippen LogP contribution >= 0.6 is 0 Å². The van der Waals surface area contributed by atoms with Crippen LogP contribution in [0.15, 0.2) is 66.7 Å². The van der Waals surface area contributed by atoms with Crippen LogP contribution in [0.5, 0.6) is 0 Å². The van der Waals surface area contributed by atoms with Gasteiger partial charge in [0.25, 0.3) is 11.8 Å². The Morgan fingerprint density at radius 2 is 1.28 bits per heavy atom. The number of carboxylic acid groups (broad SMARTS) is 1. The van der Waals surface area contributed by atoms with Gasteiger partial charge >= 0.3 is 0 Å². The van der Waals surface area contributed by atoms with Gasteiger partial charge in [-0.1, -0.05) is 48.0 Å². The number of carbonyl (C=O) groups excluding carboxylic acids is 4. The van der Waals surface area contributed by atoms with Gasteiger partial charge in [0.15, 0.2) is 5.78 Å². The smallest absolute Gasteiger partial charge is 0.266 e. The van der Waals surface area contributed by atoms with Crippen LogP contribution in [0.3, 0.4) is 0 Å². The van der Waals surface area contributed by atoms with Gasteiger partial charge in [-0.2, -0.15) is 0 Å². The Bertz CT molecular complexity index is 1180. The molecular weight excluding hydrogens is 370 g/mol. The number of anilines is 1. The molecule has 0 spiro atoms. The molecule has 1 aliphatic heterocycles. The van der Waals surface area contributed by atoms with Crippen molar-refractivity contribution in [3.8, 4) is 0 Å². The SMILES string of the molecule is Cc1ccc(N2C(=O)c3ccc(C(=O)c4ccc(C(=O)[O-])cc4)cc3C2=O)cc1. The quantitative estimate of drug-likeness (QED) is 0.508. The summed E-state index contributed by atoms with van der Waals surface area (Å²) in [5, 5.41) is 10.8. The molecule has 0 aromatic heterocycles. The summed E-state index contributed by atoms with van der Waals surface area (Å²) in [7, 11) is 0. The highest BCUT2D eigenvalue weighted by atomic mass is 16.4. The normalized spacial score (nSPS) is 12.8. The number of imide groups is 1. The van der Waals surface area contributed by atoms with Crippen molar-refractivity contribution in [1.82, 2.24) is 0 Å². The van der Waals surface area contributed by atoms with E-state index in [9.17, 15) is 24.3 Å². The van der Waals surface area contributed by atoms with E-state index in [1.807, 2.05) is 19.1 Å². The van der Waals surface area contributed by atoms with E-state index in [2.05, 4.69) is 0 Å². The lowest BCUT2D eigenvalue weighted by Crippen LogP contribution is -2.29. The molecule has 0 saturated heterocycles. The molecule has 0 fully saturated rings. The maximum atomic E-state index is 12.8. The Kier molecular flexibility index (Phi) is 4.31. The Morgan fingerprint density at radius 1 is 0.724 bits per heavy atom. The van der Waals surface area contributed by atoms with Gasteiger partial charge in [0, 0.05) is 11.1 Å². The molecule has 0 saturated carbocycles. The molecule has 6 nitrogen and oxygen atoms in total. The first kappa shape index (κ1) is 18.3. The number of hydrogen-bond donors (Lipinski definition) is 0. The predicted molar refractivity (Wildman–Crippen MR) is 103 cm³/mol. The van der Waals surface area contributed by atoms with Crippen molar-refractivity contribution in [3.05, 3.63) is 100 Å². The molecule has 1 heterocycles. The standard InChI is InChI=1S/C23H15NO5/c1-13-2-9-17(10-3-13)24-21(26)18-11-8-16(12-19(18)22(24)27)20(25)14-4-6-15(7-5-14)23(28)29/h2-12H,1H3,(H,28,29)/p-1.